The van der Waals surface area contributed by atoms with Crippen molar-refractivity contribution >= 4 is 5.78 Å². The highest BCUT2D eigenvalue weighted by Gasteiger charge is 2.79. The Balaban J connectivity index is 1.81. The number of nitrogens with zero attached hydrogens (tertiary/aromatic N) is 1. The van der Waals surface area contributed by atoms with Gasteiger partial charge in [-0.05, 0) is 17.7 Å². The van der Waals surface area contributed by atoms with E-state index in [0.717, 1.165) is 5.56 Å². The molecule has 1 aliphatic carbocycles. The van der Waals surface area contributed by atoms with E-state index >= 15 is 0 Å². The van der Waals surface area contributed by atoms with Crippen LogP contribution in [0, 0.1) is 15.5 Å². The standard InChI is InChI=1S/C17H13NO4/c19-16-12-8-4-5-9-13(12)22-10-17(16)14(15(17)18(20)21)11-6-2-1-3-7-11/h1-9,14-15H,10H2/t14-,15-,17+/m1/s1. The summed E-state index contributed by atoms with van der Waals surface area (Å²) in [7, 11) is 0. The van der Waals surface area contributed by atoms with Crippen LogP contribution in [-0.4, -0.2) is 23.4 Å². The van der Waals surface area contributed by atoms with Crippen LogP contribution in [-0.2, 0) is 0 Å². The van der Waals surface area contributed by atoms with Crippen molar-refractivity contribution in [3.63, 3.8) is 0 Å². The lowest BCUT2D eigenvalue weighted by Gasteiger charge is -2.23. The molecule has 4 rings (SSSR count). The second-order valence-corrected chi connectivity index (χ2v) is 5.77. The normalized spacial score (nSPS) is 28.8. The smallest absolute Gasteiger partial charge is 0.238 e. The van der Waals surface area contributed by atoms with Crippen molar-refractivity contribution in [2.24, 2.45) is 5.41 Å². The molecule has 1 aliphatic heterocycles. The third-order valence-electron chi connectivity index (χ3n) is 4.70. The Morgan fingerprint density at radius 2 is 1.77 bits per heavy atom. The third-order valence-corrected chi connectivity index (χ3v) is 4.70. The fourth-order valence-corrected chi connectivity index (χ4v) is 3.61. The molecule has 2 aliphatic rings. The lowest BCUT2D eigenvalue weighted by Crippen LogP contribution is -2.34. The van der Waals surface area contributed by atoms with Gasteiger partial charge in [0.2, 0.25) is 6.04 Å². The van der Waals surface area contributed by atoms with Gasteiger partial charge in [0.1, 0.15) is 17.8 Å². The maximum atomic E-state index is 12.9. The van der Waals surface area contributed by atoms with E-state index in [1.54, 1.807) is 24.3 Å². The number of hydrogen-bond donors (Lipinski definition) is 0. The zero-order chi connectivity index (χ0) is 15.3. The zero-order valence-corrected chi connectivity index (χ0v) is 11.6. The Morgan fingerprint density at radius 1 is 1.09 bits per heavy atom. The SMILES string of the molecule is O=C1c2ccccc2OC[C@@]12[C@H](c1ccccc1)[C@H]2[N+](=O)[O-]. The van der Waals surface area contributed by atoms with E-state index in [2.05, 4.69) is 0 Å². The number of carbonyl (C=O) groups is 1. The second-order valence-electron chi connectivity index (χ2n) is 5.77. The molecule has 22 heavy (non-hydrogen) atoms. The first-order valence-corrected chi connectivity index (χ1v) is 7.11. The highest BCUT2D eigenvalue weighted by molar-refractivity contribution is 6.07. The molecule has 5 heteroatoms. The summed E-state index contributed by atoms with van der Waals surface area (Å²) in [5, 5.41) is 11.5. The van der Waals surface area contributed by atoms with Crippen LogP contribution in [0.5, 0.6) is 5.75 Å². The Hall–Kier alpha value is -2.69. The first-order chi connectivity index (χ1) is 10.7. The fraction of sp³-hybridized carbons (Fsp3) is 0.235. The van der Waals surface area contributed by atoms with Crippen LogP contribution in [0.25, 0.3) is 0 Å². The Kier molecular flexibility index (Phi) is 2.60. The van der Waals surface area contributed by atoms with Gasteiger partial charge in [0.15, 0.2) is 5.78 Å². The molecule has 0 saturated heterocycles. The van der Waals surface area contributed by atoms with Gasteiger partial charge in [-0.1, -0.05) is 42.5 Å². The Labute approximate surface area is 126 Å². The van der Waals surface area contributed by atoms with Gasteiger partial charge >= 0.3 is 0 Å². The Morgan fingerprint density at radius 3 is 2.50 bits per heavy atom. The van der Waals surface area contributed by atoms with E-state index in [9.17, 15) is 14.9 Å². The quantitative estimate of drug-likeness (QED) is 0.631. The minimum atomic E-state index is -1.07. The van der Waals surface area contributed by atoms with Crippen LogP contribution >= 0.6 is 0 Å². The van der Waals surface area contributed by atoms with Crippen LogP contribution < -0.4 is 4.74 Å². The van der Waals surface area contributed by atoms with Gasteiger partial charge in [-0.15, -0.1) is 0 Å². The number of hydrogen-bond acceptors (Lipinski definition) is 4. The van der Waals surface area contributed by atoms with Gasteiger partial charge in [-0.25, -0.2) is 0 Å². The predicted octanol–water partition coefficient (Wildman–Crippen LogP) is 2.69. The van der Waals surface area contributed by atoms with E-state index in [0.29, 0.717) is 11.3 Å². The average Bonchev–Trinajstić information content (AvgIpc) is 3.22. The lowest BCUT2D eigenvalue weighted by molar-refractivity contribution is -0.502. The molecular weight excluding hydrogens is 282 g/mol. The van der Waals surface area contributed by atoms with Gasteiger partial charge in [0.05, 0.1) is 11.5 Å². The largest absolute Gasteiger partial charge is 0.491 e. The van der Waals surface area contributed by atoms with Crippen LogP contribution in [0.4, 0.5) is 0 Å². The number of Topliss-reactive ketones (excluding diaryl/α,β-unsaturated/α-hetero) is 1. The van der Waals surface area contributed by atoms with E-state index in [1.165, 1.54) is 0 Å². The molecule has 1 fully saturated rings. The maximum absolute atomic E-state index is 12.9. The number of rotatable bonds is 2. The molecule has 3 atom stereocenters. The summed E-state index contributed by atoms with van der Waals surface area (Å²) in [6.45, 7) is 0.0635. The van der Waals surface area contributed by atoms with Gasteiger partial charge in [0, 0.05) is 4.92 Å². The molecule has 1 saturated carbocycles. The van der Waals surface area contributed by atoms with E-state index in [1.807, 2.05) is 30.3 Å². The highest BCUT2D eigenvalue weighted by atomic mass is 16.6. The van der Waals surface area contributed by atoms with E-state index < -0.39 is 17.4 Å². The Bertz CT molecular complexity index is 773. The summed E-state index contributed by atoms with van der Waals surface area (Å²) in [6, 6.07) is 15.2. The first kappa shape index (κ1) is 13.0. The summed E-state index contributed by atoms with van der Waals surface area (Å²) in [5.74, 6) is -0.0895. The molecule has 2 aromatic carbocycles. The third kappa shape index (κ3) is 1.56. The van der Waals surface area contributed by atoms with Gasteiger partial charge < -0.3 is 4.74 Å². The predicted molar refractivity (Wildman–Crippen MR) is 78.7 cm³/mol. The van der Waals surface area contributed by atoms with Crippen molar-refractivity contribution in [3.05, 3.63) is 75.8 Å². The summed E-state index contributed by atoms with van der Waals surface area (Å²) in [4.78, 5) is 24.0. The second kappa shape index (κ2) is 4.40. The van der Waals surface area contributed by atoms with Crippen molar-refractivity contribution in [1.29, 1.82) is 0 Å². The number of nitro groups is 1. The molecule has 110 valence electrons. The topological polar surface area (TPSA) is 69.4 Å². The number of fused-ring (bicyclic) bond motifs is 1. The molecule has 2 aromatic rings. The van der Waals surface area contributed by atoms with E-state index in [-0.39, 0.29) is 17.3 Å². The molecule has 0 bridgehead atoms. The van der Waals surface area contributed by atoms with E-state index in [4.69, 9.17) is 4.74 Å². The summed E-state index contributed by atoms with van der Waals surface area (Å²) >= 11 is 0. The zero-order valence-electron chi connectivity index (χ0n) is 11.6. The van der Waals surface area contributed by atoms with Crippen molar-refractivity contribution in [1.82, 2.24) is 0 Å². The molecule has 0 amide bonds. The first-order valence-electron chi connectivity index (χ1n) is 7.11. The van der Waals surface area contributed by atoms with Crippen molar-refractivity contribution in [2.45, 2.75) is 12.0 Å². The highest BCUT2D eigenvalue weighted by Crippen LogP contribution is 2.64. The van der Waals surface area contributed by atoms with Crippen molar-refractivity contribution in [3.8, 4) is 5.75 Å². The summed E-state index contributed by atoms with van der Waals surface area (Å²) in [6.07, 6.45) is 0. The van der Waals surface area contributed by atoms with Gasteiger partial charge in [-0.3, -0.25) is 14.9 Å². The number of benzene rings is 2. The molecule has 1 heterocycles. The molecule has 0 unspecified atom stereocenters. The van der Waals surface area contributed by atoms with Gasteiger partial charge in [-0.2, -0.15) is 0 Å². The molecule has 0 radical (unpaired) electrons. The molecular formula is C17H13NO4. The number of ketones is 1. The molecule has 0 aromatic heterocycles. The average molecular weight is 295 g/mol. The number of ether oxygens (including phenoxy) is 1. The molecule has 5 nitrogen and oxygen atoms in total. The van der Waals surface area contributed by atoms with Crippen molar-refractivity contribution in [2.75, 3.05) is 6.61 Å². The summed E-state index contributed by atoms with van der Waals surface area (Å²) < 4.78 is 5.68. The lowest BCUT2D eigenvalue weighted by atomic mass is 9.88. The number of para-hydroxylation sites is 1. The number of carbonyl (C=O) groups excluding carboxylic acids is 1. The van der Waals surface area contributed by atoms with Crippen LogP contribution in [0.2, 0.25) is 0 Å². The fourth-order valence-electron chi connectivity index (χ4n) is 3.61. The van der Waals surface area contributed by atoms with Crippen molar-refractivity contribution < 1.29 is 14.5 Å². The van der Waals surface area contributed by atoms with Gasteiger partial charge in [0.25, 0.3) is 0 Å². The van der Waals surface area contributed by atoms with Crippen LogP contribution in [0.3, 0.4) is 0 Å². The van der Waals surface area contributed by atoms with Crippen LogP contribution in [0.1, 0.15) is 21.8 Å². The maximum Gasteiger partial charge on any atom is 0.238 e. The van der Waals surface area contributed by atoms with Crippen LogP contribution in [0.15, 0.2) is 54.6 Å². The minimum absolute atomic E-state index is 0.0635. The monoisotopic (exact) mass is 295 g/mol. The molecule has 0 N–H and O–H groups in total. The minimum Gasteiger partial charge on any atom is -0.491 e. The molecule has 1 spiro atoms. The summed E-state index contributed by atoms with van der Waals surface area (Å²) in [5.41, 5.74) is 0.193.